The Morgan fingerprint density at radius 3 is 2.32 bits per heavy atom. The number of rotatable bonds is 2. The second kappa shape index (κ2) is 6.17. The first-order valence-electron chi connectivity index (χ1n) is 7.87. The number of benzene rings is 1. The van der Waals surface area contributed by atoms with E-state index in [1.807, 2.05) is 20.3 Å². The number of nitrogens with one attached hydrogen (secondary N) is 2. The summed E-state index contributed by atoms with van der Waals surface area (Å²) in [5.74, 6) is 0. The van der Waals surface area contributed by atoms with Crippen molar-refractivity contribution in [1.29, 1.82) is 0 Å². The summed E-state index contributed by atoms with van der Waals surface area (Å²) < 4.78 is 38.2. The van der Waals surface area contributed by atoms with Crippen molar-refractivity contribution in [3.05, 3.63) is 47.3 Å². The van der Waals surface area contributed by atoms with Crippen LogP contribution in [0.2, 0.25) is 0 Å². The van der Waals surface area contributed by atoms with Crippen molar-refractivity contribution in [3.63, 3.8) is 0 Å². The lowest BCUT2D eigenvalue weighted by atomic mass is 9.80. The number of halogens is 3. The van der Waals surface area contributed by atoms with Crippen LogP contribution >= 0.6 is 0 Å². The standard InChI is InChI=1S/C16H21F3N4O2/c1-22-9-13(21-23(22)2)12-7-15(25,8-14(24)20-12)10-3-5-11(6-4-10)16(17,18)19/h3-6,9,12,14,20-21,24-25H,7-8H2,1-2H3/t12-,14-,15?/m0/s1. The van der Waals surface area contributed by atoms with Crippen LogP contribution in [0, 0.1) is 0 Å². The summed E-state index contributed by atoms with van der Waals surface area (Å²) in [6.45, 7) is 0. The largest absolute Gasteiger partial charge is 0.416 e. The average Bonchev–Trinajstić information content (AvgIpc) is 2.85. The normalized spacial score (nSPS) is 31.0. The molecule has 3 rings (SSSR count). The third kappa shape index (κ3) is 3.59. The lowest BCUT2D eigenvalue weighted by Gasteiger charge is -2.41. The zero-order valence-corrected chi connectivity index (χ0v) is 13.9. The number of nitrogens with zero attached hydrogens (tertiary/aromatic N) is 2. The van der Waals surface area contributed by atoms with Crippen LogP contribution in [0.25, 0.3) is 0 Å². The summed E-state index contributed by atoms with van der Waals surface area (Å²) in [5, 5.41) is 27.6. The topological polar surface area (TPSA) is 71.0 Å². The smallest absolute Gasteiger partial charge is 0.385 e. The lowest BCUT2D eigenvalue weighted by Crippen LogP contribution is -2.54. The molecule has 0 saturated carbocycles. The number of piperidine rings is 1. The molecule has 2 heterocycles. The van der Waals surface area contributed by atoms with Crippen LogP contribution in [0.5, 0.6) is 0 Å². The summed E-state index contributed by atoms with van der Waals surface area (Å²) >= 11 is 0. The molecule has 2 aliphatic heterocycles. The second-order valence-electron chi connectivity index (χ2n) is 6.54. The predicted molar refractivity (Wildman–Crippen MR) is 84.3 cm³/mol. The van der Waals surface area contributed by atoms with E-state index in [4.69, 9.17) is 0 Å². The van der Waals surface area contributed by atoms with Crippen molar-refractivity contribution in [3.8, 4) is 0 Å². The molecule has 6 nitrogen and oxygen atoms in total. The van der Waals surface area contributed by atoms with Crippen LogP contribution in [-0.2, 0) is 11.8 Å². The number of hydrazine groups is 2. The summed E-state index contributed by atoms with van der Waals surface area (Å²) in [6.07, 6.45) is -3.37. The van der Waals surface area contributed by atoms with E-state index in [0.29, 0.717) is 5.56 Å². The van der Waals surface area contributed by atoms with Gasteiger partial charge < -0.3 is 15.6 Å². The second-order valence-corrected chi connectivity index (χ2v) is 6.54. The number of hydrogen-bond acceptors (Lipinski definition) is 6. The van der Waals surface area contributed by atoms with Gasteiger partial charge in [0.2, 0.25) is 0 Å². The average molecular weight is 358 g/mol. The fraction of sp³-hybridized carbons (Fsp3) is 0.500. The molecule has 0 spiro atoms. The molecule has 138 valence electrons. The van der Waals surface area contributed by atoms with Gasteiger partial charge in [0.05, 0.1) is 22.9 Å². The molecule has 4 N–H and O–H groups in total. The lowest BCUT2D eigenvalue weighted by molar-refractivity contribution is -0.137. The van der Waals surface area contributed by atoms with Gasteiger partial charge in [-0.25, -0.2) is 0 Å². The third-order valence-corrected chi connectivity index (χ3v) is 4.68. The van der Waals surface area contributed by atoms with Crippen LogP contribution in [0.1, 0.15) is 24.0 Å². The van der Waals surface area contributed by atoms with Crippen LogP contribution in [0.4, 0.5) is 13.2 Å². The predicted octanol–water partition coefficient (Wildman–Crippen LogP) is 1.10. The van der Waals surface area contributed by atoms with E-state index < -0.39 is 23.6 Å². The molecule has 1 fully saturated rings. The molecular weight excluding hydrogens is 337 g/mol. The molecule has 0 aliphatic carbocycles. The minimum atomic E-state index is -4.43. The van der Waals surface area contributed by atoms with Gasteiger partial charge in [0.25, 0.3) is 0 Å². The Bertz CT molecular complexity index is 664. The summed E-state index contributed by atoms with van der Waals surface area (Å²) in [7, 11) is 3.64. The molecule has 9 heteroatoms. The third-order valence-electron chi connectivity index (χ3n) is 4.68. The van der Waals surface area contributed by atoms with E-state index in [0.717, 1.165) is 17.8 Å². The maximum absolute atomic E-state index is 12.7. The van der Waals surface area contributed by atoms with Crippen molar-refractivity contribution < 1.29 is 23.4 Å². The monoisotopic (exact) mass is 358 g/mol. The number of alkyl halides is 3. The quantitative estimate of drug-likeness (QED) is 0.635. The first-order chi connectivity index (χ1) is 11.6. The van der Waals surface area contributed by atoms with Gasteiger partial charge in [-0.1, -0.05) is 12.1 Å². The molecule has 0 bridgehead atoms. The van der Waals surface area contributed by atoms with Crippen molar-refractivity contribution in [2.24, 2.45) is 0 Å². The summed E-state index contributed by atoms with van der Waals surface area (Å²) in [6, 6.07) is 4.07. The molecule has 2 aliphatic rings. The maximum Gasteiger partial charge on any atom is 0.416 e. The fourth-order valence-electron chi connectivity index (χ4n) is 3.25. The molecular formula is C16H21F3N4O2. The highest BCUT2D eigenvalue weighted by Gasteiger charge is 2.42. The van der Waals surface area contributed by atoms with E-state index >= 15 is 0 Å². The van der Waals surface area contributed by atoms with Crippen LogP contribution in [-0.4, -0.2) is 46.7 Å². The molecule has 1 aromatic carbocycles. The Kier molecular flexibility index (Phi) is 4.44. The van der Waals surface area contributed by atoms with E-state index in [1.54, 1.807) is 10.1 Å². The highest BCUT2D eigenvalue weighted by atomic mass is 19.4. The SMILES string of the molecule is CN1C=C([C@@H]2CC(O)(c3ccc(C(F)(F)F)cc3)C[C@H](O)N2)NN1C. The van der Waals surface area contributed by atoms with Gasteiger partial charge in [0.1, 0.15) is 6.23 Å². The van der Waals surface area contributed by atoms with Crippen molar-refractivity contribution >= 4 is 0 Å². The Morgan fingerprint density at radius 2 is 1.80 bits per heavy atom. The number of hydrogen-bond donors (Lipinski definition) is 4. The zero-order chi connectivity index (χ0) is 18.4. The fourth-order valence-corrected chi connectivity index (χ4v) is 3.25. The molecule has 0 aromatic heterocycles. The van der Waals surface area contributed by atoms with E-state index in [1.165, 1.54) is 12.1 Å². The van der Waals surface area contributed by atoms with Crippen molar-refractivity contribution in [2.75, 3.05) is 14.1 Å². The Balaban J connectivity index is 1.83. The van der Waals surface area contributed by atoms with Gasteiger partial charge in [-0.05, 0) is 17.7 Å². The molecule has 1 aromatic rings. The molecule has 1 saturated heterocycles. The first kappa shape index (κ1) is 18.0. The van der Waals surface area contributed by atoms with E-state index in [9.17, 15) is 23.4 Å². The Labute approximate surface area is 143 Å². The van der Waals surface area contributed by atoms with E-state index in [-0.39, 0.29) is 18.9 Å². The van der Waals surface area contributed by atoms with Crippen LogP contribution in [0.15, 0.2) is 36.2 Å². The van der Waals surface area contributed by atoms with Gasteiger partial charge in [-0.2, -0.15) is 13.2 Å². The van der Waals surface area contributed by atoms with Gasteiger partial charge in [0.15, 0.2) is 0 Å². The maximum atomic E-state index is 12.7. The highest BCUT2D eigenvalue weighted by molar-refractivity contribution is 5.30. The molecule has 25 heavy (non-hydrogen) atoms. The number of aliphatic hydroxyl groups is 2. The first-order valence-corrected chi connectivity index (χ1v) is 7.87. The van der Waals surface area contributed by atoms with Crippen molar-refractivity contribution in [1.82, 2.24) is 20.9 Å². The van der Waals surface area contributed by atoms with Crippen LogP contribution < -0.4 is 10.7 Å². The zero-order valence-electron chi connectivity index (χ0n) is 13.9. The summed E-state index contributed by atoms with van der Waals surface area (Å²) in [5.41, 5.74) is 2.01. The number of aliphatic hydroxyl groups excluding tert-OH is 1. The van der Waals surface area contributed by atoms with Crippen LogP contribution in [0.3, 0.4) is 0 Å². The Hall–Kier alpha value is -1.81. The van der Waals surface area contributed by atoms with Gasteiger partial charge >= 0.3 is 6.18 Å². The minimum Gasteiger partial charge on any atom is -0.385 e. The molecule has 1 unspecified atom stereocenters. The van der Waals surface area contributed by atoms with Crippen molar-refractivity contribution in [2.45, 2.75) is 36.9 Å². The van der Waals surface area contributed by atoms with Gasteiger partial charge in [-0.15, -0.1) is 5.12 Å². The highest BCUT2D eigenvalue weighted by Crippen LogP contribution is 2.38. The molecule has 0 amide bonds. The molecule has 0 radical (unpaired) electrons. The van der Waals surface area contributed by atoms with Gasteiger partial charge in [-0.3, -0.25) is 10.3 Å². The molecule has 3 atom stereocenters. The van der Waals surface area contributed by atoms with Gasteiger partial charge in [0, 0.05) is 33.1 Å². The minimum absolute atomic E-state index is 0.00613. The van der Waals surface area contributed by atoms with E-state index in [2.05, 4.69) is 10.7 Å². The summed E-state index contributed by atoms with van der Waals surface area (Å²) in [4.78, 5) is 0. The Morgan fingerprint density at radius 1 is 1.16 bits per heavy atom.